The fourth-order valence-electron chi connectivity index (χ4n) is 3.54. The number of oxazole rings is 1. The second-order valence-corrected chi connectivity index (χ2v) is 11.0. The van der Waals surface area contributed by atoms with Crippen molar-refractivity contribution >= 4 is 15.5 Å². The van der Waals surface area contributed by atoms with Gasteiger partial charge < -0.3 is 19.5 Å². The lowest BCUT2D eigenvalue weighted by Gasteiger charge is -2.25. The number of nitrogens with zero attached hydrogens (tertiary/aromatic N) is 4. The van der Waals surface area contributed by atoms with Gasteiger partial charge in [-0.05, 0) is 18.6 Å². The summed E-state index contributed by atoms with van der Waals surface area (Å²) in [6, 6.07) is 1.75. The summed E-state index contributed by atoms with van der Waals surface area (Å²) >= 11 is 0. The van der Waals surface area contributed by atoms with E-state index < -0.39 is 27.1 Å². The summed E-state index contributed by atoms with van der Waals surface area (Å²) in [4.78, 5) is 6.00. The highest BCUT2D eigenvalue weighted by Crippen LogP contribution is 2.37. The van der Waals surface area contributed by atoms with Crippen LogP contribution < -0.4 is 10.6 Å². The standard InChI is InChI=1S/C21H26FN5O4S/c1-5-13-10-30-18(24-13)9-27-8-12(23)11-32(28,29)17-7-15(22)14(6-16(17)27)19-25-26-20(31-19)21(2,3)4/h6-7,10,12H,5,8-9,11,23H2,1-4H3/t12-/m1/s1. The lowest BCUT2D eigenvalue weighted by molar-refractivity contribution is 0.398. The first-order valence-electron chi connectivity index (χ1n) is 10.3. The van der Waals surface area contributed by atoms with Crippen LogP contribution in [-0.4, -0.2) is 41.9 Å². The van der Waals surface area contributed by atoms with Crippen LogP contribution >= 0.6 is 0 Å². The van der Waals surface area contributed by atoms with Crippen LogP contribution in [0, 0.1) is 5.82 Å². The van der Waals surface area contributed by atoms with E-state index >= 15 is 4.39 Å². The Morgan fingerprint density at radius 1 is 1.28 bits per heavy atom. The Morgan fingerprint density at radius 2 is 2.03 bits per heavy atom. The summed E-state index contributed by atoms with van der Waals surface area (Å²) in [6.07, 6.45) is 2.27. The van der Waals surface area contributed by atoms with E-state index in [0.29, 0.717) is 23.9 Å². The van der Waals surface area contributed by atoms with Gasteiger partial charge in [0.25, 0.3) is 5.89 Å². The molecule has 1 atom stereocenters. The van der Waals surface area contributed by atoms with E-state index in [1.807, 2.05) is 27.7 Å². The van der Waals surface area contributed by atoms with Crippen LogP contribution in [-0.2, 0) is 28.2 Å². The van der Waals surface area contributed by atoms with Crippen molar-refractivity contribution in [1.82, 2.24) is 15.2 Å². The van der Waals surface area contributed by atoms with E-state index in [2.05, 4.69) is 15.2 Å². The number of aromatic nitrogens is 3. The first-order chi connectivity index (χ1) is 15.0. The maximum atomic E-state index is 15.1. The molecule has 9 nitrogen and oxygen atoms in total. The van der Waals surface area contributed by atoms with E-state index in [-0.39, 0.29) is 35.2 Å². The minimum atomic E-state index is -3.82. The molecule has 4 rings (SSSR count). The summed E-state index contributed by atoms with van der Waals surface area (Å²) in [6.45, 7) is 8.05. The van der Waals surface area contributed by atoms with Crippen LogP contribution in [0.25, 0.3) is 11.5 Å². The number of halogens is 1. The maximum absolute atomic E-state index is 15.1. The van der Waals surface area contributed by atoms with Crippen LogP contribution in [0.15, 0.2) is 32.1 Å². The Labute approximate surface area is 185 Å². The number of fused-ring (bicyclic) bond motifs is 1. The molecule has 0 amide bonds. The maximum Gasteiger partial charge on any atom is 0.250 e. The van der Waals surface area contributed by atoms with Gasteiger partial charge >= 0.3 is 0 Å². The van der Waals surface area contributed by atoms with Crippen molar-refractivity contribution in [1.29, 1.82) is 0 Å². The number of sulfone groups is 1. The van der Waals surface area contributed by atoms with E-state index in [0.717, 1.165) is 11.8 Å². The molecule has 0 aliphatic carbocycles. The molecule has 0 radical (unpaired) electrons. The number of rotatable bonds is 4. The highest BCUT2D eigenvalue weighted by Gasteiger charge is 2.33. The van der Waals surface area contributed by atoms with E-state index in [9.17, 15) is 8.42 Å². The topological polar surface area (TPSA) is 128 Å². The predicted octanol–water partition coefficient (Wildman–Crippen LogP) is 2.84. The van der Waals surface area contributed by atoms with Crippen LogP contribution in [0.1, 0.15) is 45.2 Å². The van der Waals surface area contributed by atoms with Crippen molar-refractivity contribution in [2.75, 3.05) is 17.2 Å². The minimum absolute atomic E-state index is 0.0177. The number of hydrogen-bond donors (Lipinski definition) is 1. The van der Waals surface area contributed by atoms with E-state index in [4.69, 9.17) is 14.6 Å². The Morgan fingerprint density at radius 3 is 2.66 bits per heavy atom. The highest BCUT2D eigenvalue weighted by molar-refractivity contribution is 7.91. The van der Waals surface area contributed by atoms with Crippen molar-refractivity contribution in [3.05, 3.63) is 41.7 Å². The lowest BCUT2D eigenvalue weighted by atomic mass is 9.97. The average molecular weight is 464 g/mol. The number of nitrogens with two attached hydrogens (primary N) is 1. The third-order valence-electron chi connectivity index (χ3n) is 5.20. The van der Waals surface area contributed by atoms with Gasteiger partial charge in [0.2, 0.25) is 11.8 Å². The molecule has 172 valence electrons. The Hall–Kier alpha value is -2.79. The van der Waals surface area contributed by atoms with Crippen LogP contribution in [0.2, 0.25) is 0 Å². The normalized spacial score (nSPS) is 18.4. The van der Waals surface area contributed by atoms with E-state index in [1.165, 1.54) is 6.07 Å². The van der Waals surface area contributed by atoms with Crippen molar-refractivity contribution in [2.45, 2.75) is 57.0 Å². The van der Waals surface area contributed by atoms with Crippen LogP contribution in [0.4, 0.5) is 10.1 Å². The van der Waals surface area contributed by atoms with E-state index in [1.54, 1.807) is 11.2 Å². The second kappa shape index (κ2) is 7.96. The van der Waals surface area contributed by atoms with Gasteiger partial charge in [-0.3, -0.25) is 0 Å². The molecule has 1 aliphatic heterocycles. The number of anilines is 1. The van der Waals surface area contributed by atoms with Gasteiger partial charge in [-0.25, -0.2) is 17.8 Å². The van der Waals surface area contributed by atoms with Crippen molar-refractivity contribution in [2.24, 2.45) is 5.73 Å². The molecule has 0 unspecified atom stereocenters. The molecule has 0 bridgehead atoms. The molecule has 11 heteroatoms. The fraction of sp³-hybridized carbons (Fsp3) is 0.476. The van der Waals surface area contributed by atoms with Gasteiger partial charge in [0.15, 0.2) is 9.84 Å². The molecule has 2 aromatic heterocycles. The molecule has 0 saturated carbocycles. The molecular formula is C21H26FN5O4S. The van der Waals surface area contributed by atoms with Crippen molar-refractivity contribution < 1.29 is 21.6 Å². The molecular weight excluding hydrogens is 437 g/mol. The van der Waals surface area contributed by atoms with Crippen molar-refractivity contribution in [3.63, 3.8) is 0 Å². The molecule has 0 fully saturated rings. The lowest BCUT2D eigenvalue weighted by Crippen LogP contribution is -2.39. The first-order valence-corrected chi connectivity index (χ1v) is 12.0. The summed E-state index contributed by atoms with van der Waals surface area (Å²) < 4.78 is 52.1. The Balaban J connectivity index is 1.83. The first kappa shape index (κ1) is 22.4. The highest BCUT2D eigenvalue weighted by atomic mass is 32.2. The fourth-order valence-corrected chi connectivity index (χ4v) is 5.18. The number of benzene rings is 1. The molecule has 0 saturated heterocycles. The third kappa shape index (κ3) is 4.26. The SMILES string of the molecule is CCc1coc(CN2C[C@@H](N)CS(=O)(=O)c3cc(F)c(-c4nnc(C(C)(C)C)o4)cc32)n1. The average Bonchev–Trinajstić information content (AvgIpc) is 3.34. The molecule has 2 N–H and O–H groups in total. The van der Waals surface area contributed by atoms with Crippen LogP contribution in [0.3, 0.4) is 0 Å². The van der Waals surface area contributed by atoms with Gasteiger partial charge in [-0.1, -0.05) is 27.7 Å². The summed E-state index contributed by atoms with van der Waals surface area (Å²) in [7, 11) is -3.82. The Kier molecular flexibility index (Phi) is 5.58. The second-order valence-electron chi connectivity index (χ2n) is 8.97. The summed E-state index contributed by atoms with van der Waals surface area (Å²) in [5.74, 6) is -0.324. The van der Waals surface area contributed by atoms with Crippen molar-refractivity contribution in [3.8, 4) is 11.5 Å². The summed E-state index contributed by atoms with van der Waals surface area (Å²) in [5, 5.41) is 8.00. The Bertz CT molecular complexity index is 1250. The summed E-state index contributed by atoms with van der Waals surface area (Å²) in [5.41, 5.74) is 6.77. The zero-order valence-corrected chi connectivity index (χ0v) is 19.2. The predicted molar refractivity (Wildman–Crippen MR) is 115 cm³/mol. The van der Waals surface area contributed by atoms with Crippen LogP contribution in [0.5, 0.6) is 0 Å². The zero-order valence-electron chi connectivity index (χ0n) is 18.4. The molecule has 1 aromatic carbocycles. The quantitative estimate of drug-likeness (QED) is 0.621. The smallest absolute Gasteiger partial charge is 0.250 e. The number of hydrogen-bond acceptors (Lipinski definition) is 9. The molecule has 0 spiro atoms. The van der Waals surface area contributed by atoms with Gasteiger partial charge in [0, 0.05) is 18.0 Å². The van der Waals surface area contributed by atoms with Gasteiger partial charge in [0.1, 0.15) is 12.1 Å². The largest absolute Gasteiger partial charge is 0.447 e. The van der Waals surface area contributed by atoms with Gasteiger partial charge in [-0.15, -0.1) is 10.2 Å². The van der Waals surface area contributed by atoms with Gasteiger partial charge in [-0.2, -0.15) is 0 Å². The number of aryl methyl sites for hydroxylation is 1. The molecule has 3 aromatic rings. The monoisotopic (exact) mass is 463 g/mol. The molecule has 32 heavy (non-hydrogen) atoms. The van der Waals surface area contributed by atoms with Gasteiger partial charge in [0.05, 0.1) is 34.1 Å². The third-order valence-corrected chi connectivity index (χ3v) is 7.06. The minimum Gasteiger partial charge on any atom is -0.447 e. The molecule has 1 aliphatic rings. The molecule has 3 heterocycles. The zero-order chi connectivity index (χ0) is 23.3.